The molecule has 1 aromatic rings. The first-order chi connectivity index (χ1) is 11.2. The molecule has 1 aromatic heterocycles. The number of thiophene rings is 1. The second kappa shape index (κ2) is 6.36. The molecule has 5 heteroatoms. The van der Waals surface area contributed by atoms with Crippen LogP contribution in [-0.2, 0) is 4.74 Å². The Morgan fingerprint density at radius 2 is 2.00 bits per heavy atom. The molecule has 2 aliphatic rings. The van der Waals surface area contributed by atoms with Gasteiger partial charge in [-0.25, -0.2) is 4.79 Å². The number of Topliss-reactive ketones (excluding diaryl/α,β-unsaturated/α-hetero) is 1. The third-order valence-electron chi connectivity index (χ3n) is 4.51. The molecule has 2 atom stereocenters. The number of ketones is 1. The van der Waals surface area contributed by atoms with E-state index in [-0.39, 0.29) is 24.0 Å². The third-order valence-corrected chi connectivity index (χ3v) is 5.77. The lowest BCUT2D eigenvalue weighted by Crippen LogP contribution is -2.52. The standard InChI is InChI=1S/C19H25NO3S/c1-12(21)16-8-9-17(24-16)13-10-14-6-5-7-15(11-13)20(14)18(22)23-19(2,3)4/h8-10,14-15H,5-7,11H2,1-4H3. The quantitative estimate of drug-likeness (QED) is 0.715. The van der Waals surface area contributed by atoms with Gasteiger partial charge in [0.1, 0.15) is 5.60 Å². The Kier molecular flexibility index (Phi) is 4.56. The highest BCUT2D eigenvalue weighted by Crippen LogP contribution is 2.39. The van der Waals surface area contributed by atoms with E-state index in [9.17, 15) is 9.59 Å². The monoisotopic (exact) mass is 347 g/mol. The summed E-state index contributed by atoms with van der Waals surface area (Å²) >= 11 is 1.55. The molecule has 1 saturated heterocycles. The van der Waals surface area contributed by atoms with Crippen molar-refractivity contribution in [2.24, 2.45) is 0 Å². The van der Waals surface area contributed by atoms with Crippen LogP contribution in [0.25, 0.3) is 5.57 Å². The Hall–Kier alpha value is -1.62. The Morgan fingerprint density at radius 1 is 1.25 bits per heavy atom. The van der Waals surface area contributed by atoms with Gasteiger partial charge < -0.3 is 4.74 Å². The number of ether oxygens (including phenoxy) is 1. The van der Waals surface area contributed by atoms with Crippen molar-refractivity contribution >= 4 is 28.8 Å². The minimum absolute atomic E-state index is 0.102. The number of piperidine rings is 1. The smallest absolute Gasteiger partial charge is 0.411 e. The molecule has 4 nitrogen and oxygen atoms in total. The number of hydrogen-bond donors (Lipinski definition) is 0. The second-order valence-electron chi connectivity index (χ2n) is 7.66. The molecule has 3 rings (SSSR count). The number of fused-ring (bicyclic) bond motifs is 2. The topological polar surface area (TPSA) is 46.6 Å². The molecule has 2 unspecified atom stereocenters. The summed E-state index contributed by atoms with van der Waals surface area (Å²) in [7, 11) is 0. The minimum Gasteiger partial charge on any atom is -0.444 e. The molecule has 130 valence electrons. The van der Waals surface area contributed by atoms with Gasteiger partial charge in [0.15, 0.2) is 5.78 Å². The fourth-order valence-corrected chi connectivity index (χ4v) is 4.45. The van der Waals surface area contributed by atoms with Crippen LogP contribution in [0.2, 0.25) is 0 Å². The Bertz CT molecular complexity index is 683. The summed E-state index contributed by atoms with van der Waals surface area (Å²) in [6.45, 7) is 7.31. The summed E-state index contributed by atoms with van der Waals surface area (Å²) in [6, 6.07) is 4.23. The molecule has 24 heavy (non-hydrogen) atoms. The molecule has 3 heterocycles. The second-order valence-corrected chi connectivity index (χ2v) is 8.74. The highest BCUT2D eigenvalue weighted by atomic mass is 32.1. The number of carbonyl (C=O) groups excluding carboxylic acids is 2. The summed E-state index contributed by atoms with van der Waals surface area (Å²) in [6.07, 6.45) is 5.97. The van der Waals surface area contributed by atoms with Crippen molar-refractivity contribution in [2.45, 2.75) is 71.1 Å². The van der Waals surface area contributed by atoms with Gasteiger partial charge >= 0.3 is 6.09 Å². The normalized spacial score (nSPS) is 23.7. The van der Waals surface area contributed by atoms with Gasteiger partial charge in [-0.1, -0.05) is 6.08 Å². The van der Waals surface area contributed by atoms with Crippen LogP contribution < -0.4 is 0 Å². The van der Waals surface area contributed by atoms with Gasteiger partial charge in [-0.3, -0.25) is 9.69 Å². The average molecular weight is 347 g/mol. The van der Waals surface area contributed by atoms with Gasteiger partial charge in [-0.15, -0.1) is 11.3 Å². The predicted molar refractivity (Wildman–Crippen MR) is 96.4 cm³/mol. The van der Waals surface area contributed by atoms with Crippen LogP contribution in [0.5, 0.6) is 0 Å². The number of amides is 1. The van der Waals surface area contributed by atoms with E-state index in [1.54, 1.807) is 18.3 Å². The number of carbonyl (C=O) groups is 2. The van der Waals surface area contributed by atoms with E-state index in [2.05, 4.69) is 6.08 Å². The van der Waals surface area contributed by atoms with Crippen molar-refractivity contribution in [3.63, 3.8) is 0 Å². The molecule has 0 N–H and O–H groups in total. The van der Waals surface area contributed by atoms with Crippen LogP contribution in [0.4, 0.5) is 4.79 Å². The van der Waals surface area contributed by atoms with Crippen molar-refractivity contribution in [2.75, 3.05) is 0 Å². The summed E-state index contributed by atoms with van der Waals surface area (Å²) < 4.78 is 5.61. The van der Waals surface area contributed by atoms with Crippen LogP contribution in [0.15, 0.2) is 18.2 Å². The lowest BCUT2D eigenvalue weighted by Gasteiger charge is -2.45. The Balaban J connectivity index is 1.84. The van der Waals surface area contributed by atoms with E-state index < -0.39 is 5.60 Å². The maximum Gasteiger partial charge on any atom is 0.411 e. The van der Waals surface area contributed by atoms with Gasteiger partial charge in [-0.2, -0.15) is 0 Å². The summed E-state index contributed by atoms with van der Waals surface area (Å²) in [5, 5.41) is 0. The molecule has 2 bridgehead atoms. The van der Waals surface area contributed by atoms with E-state index >= 15 is 0 Å². The SMILES string of the molecule is CC(=O)c1ccc(C2=CC3CCCC(C2)N3C(=O)OC(C)(C)C)s1. The minimum atomic E-state index is -0.473. The molecule has 0 radical (unpaired) electrons. The molecule has 1 amide bonds. The van der Waals surface area contributed by atoms with Gasteiger partial charge in [0.2, 0.25) is 0 Å². The van der Waals surface area contributed by atoms with Gasteiger partial charge in [0, 0.05) is 10.9 Å². The summed E-state index contributed by atoms with van der Waals surface area (Å²) in [4.78, 5) is 28.0. The number of nitrogens with zero attached hydrogens (tertiary/aromatic N) is 1. The lowest BCUT2D eigenvalue weighted by molar-refractivity contribution is 0.0000939. The molecular weight excluding hydrogens is 322 g/mol. The van der Waals surface area contributed by atoms with E-state index in [1.165, 1.54) is 5.57 Å². The van der Waals surface area contributed by atoms with Crippen LogP contribution in [0.1, 0.15) is 67.9 Å². The van der Waals surface area contributed by atoms with E-state index in [0.717, 1.165) is 35.4 Å². The van der Waals surface area contributed by atoms with E-state index in [0.29, 0.717) is 0 Å². The molecule has 1 fully saturated rings. The molecule has 2 aliphatic heterocycles. The van der Waals surface area contributed by atoms with Crippen LogP contribution in [-0.4, -0.2) is 34.5 Å². The lowest BCUT2D eigenvalue weighted by atomic mass is 9.85. The average Bonchev–Trinajstić information content (AvgIpc) is 2.93. The Morgan fingerprint density at radius 3 is 2.58 bits per heavy atom. The number of hydrogen-bond acceptors (Lipinski definition) is 4. The zero-order chi connectivity index (χ0) is 17.5. The van der Waals surface area contributed by atoms with Gasteiger partial charge in [-0.05, 0) is 71.1 Å². The first-order valence-corrected chi connectivity index (χ1v) is 9.39. The first kappa shape index (κ1) is 17.2. The van der Waals surface area contributed by atoms with Gasteiger partial charge in [0.05, 0.1) is 10.9 Å². The van der Waals surface area contributed by atoms with Gasteiger partial charge in [0.25, 0.3) is 0 Å². The van der Waals surface area contributed by atoms with E-state index in [1.807, 2.05) is 37.8 Å². The molecule has 0 aliphatic carbocycles. The fraction of sp³-hybridized carbons (Fsp3) is 0.579. The predicted octanol–water partition coefficient (Wildman–Crippen LogP) is 4.90. The van der Waals surface area contributed by atoms with Crippen LogP contribution >= 0.6 is 11.3 Å². The maximum absolute atomic E-state index is 12.6. The van der Waals surface area contributed by atoms with Crippen molar-refractivity contribution in [1.29, 1.82) is 0 Å². The number of rotatable bonds is 2. The highest BCUT2D eigenvalue weighted by Gasteiger charge is 2.39. The zero-order valence-corrected chi connectivity index (χ0v) is 15.6. The third kappa shape index (κ3) is 3.56. The van der Waals surface area contributed by atoms with Crippen LogP contribution in [0.3, 0.4) is 0 Å². The maximum atomic E-state index is 12.6. The van der Waals surface area contributed by atoms with Crippen molar-refractivity contribution in [3.8, 4) is 0 Å². The molecular formula is C19H25NO3S. The van der Waals surface area contributed by atoms with Crippen molar-refractivity contribution in [1.82, 2.24) is 4.90 Å². The zero-order valence-electron chi connectivity index (χ0n) is 14.8. The van der Waals surface area contributed by atoms with E-state index in [4.69, 9.17) is 4.74 Å². The first-order valence-electron chi connectivity index (χ1n) is 8.58. The summed E-state index contributed by atoms with van der Waals surface area (Å²) in [5.74, 6) is 0.109. The largest absolute Gasteiger partial charge is 0.444 e. The molecule has 0 aromatic carbocycles. The highest BCUT2D eigenvalue weighted by molar-refractivity contribution is 7.15. The van der Waals surface area contributed by atoms with Crippen molar-refractivity contribution in [3.05, 3.63) is 28.0 Å². The Labute approximate surface area is 147 Å². The van der Waals surface area contributed by atoms with Crippen molar-refractivity contribution < 1.29 is 14.3 Å². The fourth-order valence-electron chi connectivity index (χ4n) is 3.51. The molecule has 0 spiro atoms. The van der Waals surface area contributed by atoms with Crippen LogP contribution in [0, 0.1) is 0 Å². The summed E-state index contributed by atoms with van der Waals surface area (Å²) in [5.41, 5.74) is 0.793. The molecule has 0 saturated carbocycles.